The fraction of sp³-hybridized carbons (Fsp3) is 0.385. The molecule has 0 spiro atoms. The van der Waals surface area contributed by atoms with Gasteiger partial charge in [-0.25, -0.2) is 4.98 Å². The van der Waals surface area contributed by atoms with Crippen LogP contribution < -0.4 is 4.90 Å². The molecule has 2 heterocycles. The number of nitrogens with zero attached hydrogens (tertiary/aromatic N) is 3. The normalized spacial score (nSPS) is 16.3. The molecule has 0 saturated carbocycles. The Morgan fingerprint density at radius 2 is 1.89 bits per heavy atom. The van der Waals surface area contributed by atoms with E-state index in [-0.39, 0.29) is 11.4 Å². The van der Waals surface area contributed by atoms with Crippen LogP contribution in [0.4, 0.5) is 19.0 Å². The Balaban J connectivity index is 2.37. The van der Waals surface area contributed by atoms with Gasteiger partial charge in [-0.15, -0.1) is 0 Å². The lowest BCUT2D eigenvalue weighted by Crippen LogP contribution is -2.32. The predicted octanol–water partition coefficient (Wildman–Crippen LogP) is 3.13. The van der Waals surface area contributed by atoms with Gasteiger partial charge in [-0.3, -0.25) is 0 Å². The van der Waals surface area contributed by atoms with Crippen LogP contribution in [0.2, 0.25) is 0 Å². The molecule has 0 radical (unpaired) electrons. The Bertz CT molecular complexity index is 533. The second-order valence-corrected chi connectivity index (χ2v) is 4.41. The van der Waals surface area contributed by atoms with Crippen molar-refractivity contribution < 1.29 is 13.2 Å². The maximum absolute atomic E-state index is 12.7. The van der Waals surface area contributed by atoms with Crippen LogP contribution in [0, 0.1) is 11.3 Å². The average molecular weight is 267 g/mol. The van der Waals surface area contributed by atoms with E-state index in [9.17, 15) is 13.2 Å². The first-order valence-corrected chi connectivity index (χ1v) is 5.82. The third-order valence-corrected chi connectivity index (χ3v) is 3.06. The van der Waals surface area contributed by atoms with Crippen molar-refractivity contribution in [3.05, 3.63) is 35.5 Å². The summed E-state index contributed by atoms with van der Waals surface area (Å²) >= 11 is 0. The van der Waals surface area contributed by atoms with Crippen molar-refractivity contribution in [2.75, 3.05) is 18.0 Å². The first-order valence-electron chi connectivity index (χ1n) is 5.82. The summed E-state index contributed by atoms with van der Waals surface area (Å²) in [5.74, 6) is 0.116. The molecule has 1 aliphatic rings. The van der Waals surface area contributed by atoms with Crippen LogP contribution in [0.25, 0.3) is 0 Å². The first-order chi connectivity index (χ1) is 8.91. The van der Waals surface area contributed by atoms with E-state index in [2.05, 4.69) is 11.6 Å². The fourth-order valence-corrected chi connectivity index (χ4v) is 1.97. The van der Waals surface area contributed by atoms with Crippen molar-refractivity contribution in [2.24, 2.45) is 0 Å². The summed E-state index contributed by atoms with van der Waals surface area (Å²) in [5, 5.41) is 8.98. The van der Waals surface area contributed by atoms with Gasteiger partial charge in [0.15, 0.2) is 0 Å². The number of hydrogen-bond donors (Lipinski definition) is 0. The van der Waals surface area contributed by atoms with Crippen LogP contribution in [-0.4, -0.2) is 18.1 Å². The number of hydrogen-bond acceptors (Lipinski definition) is 3. The lowest BCUT2D eigenvalue weighted by molar-refractivity contribution is -0.141. The Morgan fingerprint density at radius 1 is 1.26 bits per heavy atom. The molecule has 100 valence electrons. The van der Waals surface area contributed by atoms with E-state index in [1.54, 1.807) is 4.90 Å². The summed E-state index contributed by atoms with van der Waals surface area (Å²) in [6.07, 6.45) is -3.08. The summed E-state index contributed by atoms with van der Waals surface area (Å²) in [7, 11) is 0. The number of aromatic nitrogens is 1. The number of rotatable bonds is 1. The van der Waals surface area contributed by atoms with E-state index in [0.29, 0.717) is 25.9 Å². The molecule has 0 amide bonds. The largest absolute Gasteiger partial charge is 0.433 e. The lowest BCUT2D eigenvalue weighted by atomic mass is 10.1. The van der Waals surface area contributed by atoms with Crippen molar-refractivity contribution in [1.82, 2.24) is 4.98 Å². The topological polar surface area (TPSA) is 39.9 Å². The highest BCUT2D eigenvalue weighted by Gasteiger charge is 2.33. The second-order valence-electron chi connectivity index (χ2n) is 4.41. The molecule has 0 aromatic carbocycles. The van der Waals surface area contributed by atoms with E-state index in [0.717, 1.165) is 11.6 Å². The Kier molecular flexibility index (Phi) is 3.47. The zero-order chi connectivity index (χ0) is 14.0. The number of anilines is 1. The van der Waals surface area contributed by atoms with Crippen molar-refractivity contribution >= 4 is 5.82 Å². The number of piperidine rings is 1. The minimum absolute atomic E-state index is 0.116. The van der Waals surface area contributed by atoms with Gasteiger partial charge in [0.05, 0.1) is 5.56 Å². The van der Waals surface area contributed by atoms with E-state index in [1.807, 2.05) is 6.07 Å². The molecular formula is C13H12F3N3. The molecule has 1 saturated heterocycles. The highest BCUT2D eigenvalue weighted by Crippen LogP contribution is 2.31. The average Bonchev–Trinajstić information content (AvgIpc) is 2.38. The third-order valence-electron chi connectivity index (χ3n) is 3.06. The SMILES string of the molecule is C=C1CCN(c2nc(C(F)(F)F)ccc2C#N)CC1. The van der Waals surface area contributed by atoms with Crippen LogP contribution in [0.15, 0.2) is 24.3 Å². The molecule has 2 rings (SSSR count). The van der Waals surface area contributed by atoms with E-state index in [1.165, 1.54) is 6.07 Å². The minimum atomic E-state index is -4.50. The lowest BCUT2D eigenvalue weighted by Gasteiger charge is -2.30. The summed E-state index contributed by atoms with van der Waals surface area (Å²) in [5.41, 5.74) is 0.271. The van der Waals surface area contributed by atoms with Crippen molar-refractivity contribution in [3.63, 3.8) is 0 Å². The second kappa shape index (κ2) is 4.92. The summed E-state index contributed by atoms with van der Waals surface area (Å²) in [6, 6.07) is 3.90. The maximum atomic E-state index is 12.7. The van der Waals surface area contributed by atoms with Gasteiger partial charge >= 0.3 is 6.18 Å². The van der Waals surface area contributed by atoms with E-state index in [4.69, 9.17) is 5.26 Å². The number of alkyl halides is 3. The molecule has 3 nitrogen and oxygen atoms in total. The van der Waals surface area contributed by atoms with Gasteiger partial charge in [0.2, 0.25) is 0 Å². The Labute approximate surface area is 109 Å². The number of halogens is 3. The van der Waals surface area contributed by atoms with Gasteiger partial charge in [-0.1, -0.05) is 12.2 Å². The van der Waals surface area contributed by atoms with Crippen LogP contribution in [0.5, 0.6) is 0 Å². The molecule has 1 aromatic heterocycles. The summed E-state index contributed by atoms with van der Waals surface area (Å²) in [4.78, 5) is 5.32. The maximum Gasteiger partial charge on any atom is 0.433 e. The van der Waals surface area contributed by atoms with Gasteiger partial charge in [0.1, 0.15) is 17.6 Å². The summed E-state index contributed by atoms with van der Waals surface area (Å²) in [6.45, 7) is 4.94. The molecule has 19 heavy (non-hydrogen) atoms. The zero-order valence-corrected chi connectivity index (χ0v) is 10.2. The summed E-state index contributed by atoms with van der Waals surface area (Å²) < 4.78 is 38.0. The molecule has 0 aliphatic carbocycles. The van der Waals surface area contributed by atoms with Gasteiger partial charge in [0, 0.05) is 13.1 Å². The molecule has 1 aliphatic heterocycles. The van der Waals surface area contributed by atoms with Crippen molar-refractivity contribution in [3.8, 4) is 6.07 Å². The van der Waals surface area contributed by atoms with E-state index >= 15 is 0 Å². The molecule has 0 bridgehead atoms. The molecule has 1 fully saturated rings. The van der Waals surface area contributed by atoms with Crippen molar-refractivity contribution in [2.45, 2.75) is 19.0 Å². The molecule has 0 N–H and O–H groups in total. The fourth-order valence-electron chi connectivity index (χ4n) is 1.97. The van der Waals surface area contributed by atoms with Crippen LogP contribution in [-0.2, 0) is 6.18 Å². The smallest absolute Gasteiger partial charge is 0.355 e. The Morgan fingerprint density at radius 3 is 2.42 bits per heavy atom. The van der Waals surface area contributed by atoms with Gasteiger partial charge in [-0.05, 0) is 25.0 Å². The highest BCUT2D eigenvalue weighted by atomic mass is 19.4. The van der Waals surface area contributed by atoms with Gasteiger partial charge in [-0.2, -0.15) is 18.4 Å². The molecule has 6 heteroatoms. The highest BCUT2D eigenvalue weighted by molar-refractivity contribution is 5.55. The van der Waals surface area contributed by atoms with Crippen molar-refractivity contribution in [1.29, 1.82) is 5.26 Å². The Hall–Kier alpha value is -2.03. The van der Waals surface area contributed by atoms with Crippen LogP contribution in [0.3, 0.4) is 0 Å². The van der Waals surface area contributed by atoms with Gasteiger partial charge < -0.3 is 4.90 Å². The zero-order valence-electron chi connectivity index (χ0n) is 10.2. The quantitative estimate of drug-likeness (QED) is 0.734. The molecule has 0 atom stereocenters. The predicted molar refractivity (Wildman–Crippen MR) is 64.5 cm³/mol. The van der Waals surface area contributed by atoms with Crippen LogP contribution in [0.1, 0.15) is 24.1 Å². The molecule has 1 aromatic rings. The number of nitriles is 1. The van der Waals surface area contributed by atoms with E-state index < -0.39 is 11.9 Å². The monoisotopic (exact) mass is 267 g/mol. The first kappa shape index (κ1) is 13.4. The molecule has 0 unspecified atom stereocenters. The standard InChI is InChI=1S/C13H12F3N3/c1-9-4-6-19(7-5-9)12-10(8-17)2-3-11(18-12)13(14,15)16/h2-3H,1,4-7H2. The molecular weight excluding hydrogens is 255 g/mol. The minimum Gasteiger partial charge on any atom is -0.355 e. The number of pyridine rings is 1. The van der Waals surface area contributed by atoms with Gasteiger partial charge in [0.25, 0.3) is 0 Å². The third kappa shape index (κ3) is 2.87. The van der Waals surface area contributed by atoms with Crippen LogP contribution >= 0.6 is 0 Å².